The van der Waals surface area contributed by atoms with E-state index in [0.29, 0.717) is 11.3 Å². The highest BCUT2D eigenvalue weighted by Gasteiger charge is 2.12. The third-order valence-corrected chi connectivity index (χ3v) is 3.09. The Balaban J connectivity index is 0.000000220. The summed E-state index contributed by atoms with van der Waals surface area (Å²) < 4.78 is 12.5. The van der Waals surface area contributed by atoms with Crippen LogP contribution in [0.3, 0.4) is 0 Å². The molecular formula is C17H20FNO3. The minimum atomic E-state index is -0.549. The van der Waals surface area contributed by atoms with Crippen LogP contribution in [0.2, 0.25) is 0 Å². The van der Waals surface area contributed by atoms with Gasteiger partial charge in [-0.3, -0.25) is 10.1 Å². The van der Waals surface area contributed by atoms with E-state index < -0.39 is 10.7 Å². The third kappa shape index (κ3) is 5.16. The normalized spacial score (nSPS) is 10.6. The largest absolute Gasteiger partial charge is 0.508 e. The molecule has 4 nitrogen and oxygen atoms in total. The van der Waals surface area contributed by atoms with Gasteiger partial charge in [0.1, 0.15) is 11.6 Å². The summed E-state index contributed by atoms with van der Waals surface area (Å²) in [4.78, 5) is 9.60. The molecule has 0 aliphatic heterocycles. The Morgan fingerprint density at radius 3 is 2.05 bits per heavy atom. The molecule has 2 rings (SSSR count). The number of hydrogen-bond donors (Lipinski definition) is 1. The van der Waals surface area contributed by atoms with Gasteiger partial charge in [-0.25, -0.2) is 4.39 Å². The molecule has 118 valence electrons. The van der Waals surface area contributed by atoms with Gasteiger partial charge in [-0.15, -0.1) is 0 Å². The van der Waals surface area contributed by atoms with Gasteiger partial charge < -0.3 is 5.11 Å². The van der Waals surface area contributed by atoms with Crippen molar-refractivity contribution in [2.45, 2.75) is 33.1 Å². The van der Waals surface area contributed by atoms with E-state index in [9.17, 15) is 14.5 Å². The summed E-state index contributed by atoms with van der Waals surface area (Å²) in [5.41, 5.74) is 1.63. The molecule has 0 bridgehead atoms. The highest BCUT2D eigenvalue weighted by molar-refractivity contribution is 5.34. The number of non-ortho nitro benzene ring substituents is 1. The lowest BCUT2D eigenvalue weighted by molar-refractivity contribution is -0.385. The smallest absolute Gasteiger partial charge is 0.269 e. The second-order valence-electron chi connectivity index (χ2n) is 5.99. The van der Waals surface area contributed by atoms with Crippen LogP contribution >= 0.6 is 0 Å². The van der Waals surface area contributed by atoms with Gasteiger partial charge in [-0.2, -0.15) is 0 Å². The second-order valence-corrected chi connectivity index (χ2v) is 5.99. The lowest BCUT2D eigenvalue weighted by Gasteiger charge is -2.18. The Labute approximate surface area is 129 Å². The monoisotopic (exact) mass is 305 g/mol. The van der Waals surface area contributed by atoms with Crippen molar-refractivity contribution in [2.24, 2.45) is 0 Å². The van der Waals surface area contributed by atoms with Crippen molar-refractivity contribution < 1.29 is 14.4 Å². The molecule has 0 saturated carbocycles. The quantitative estimate of drug-likeness (QED) is 0.612. The fraction of sp³-hybridized carbons (Fsp3) is 0.294. The van der Waals surface area contributed by atoms with E-state index in [-0.39, 0.29) is 11.1 Å². The number of benzene rings is 2. The highest BCUT2D eigenvalue weighted by atomic mass is 19.1. The standard InChI is InChI=1S/C10H14O.C7H6FNO2/c1-10(2,3)8-4-6-9(11)7-5-8;1-5-4-6(9(10)11)2-3-7(5)8/h4-7,11H,1-3H3;2-4H,1H3. The summed E-state index contributed by atoms with van der Waals surface area (Å²) >= 11 is 0. The van der Waals surface area contributed by atoms with Crippen LogP contribution < -0.4 is 0 Å². The van der Waals surface area contributed by atoms with Crippen molar-refractivity contribution in [3.63, 3.8) is 0 Å². The molecule has 5 heteroatoms. The van der Waals surface area contributed by atoms with Gasteiger partial charge >= 0.3 is 0 Å². The Hall–Kier alpha value is -2.43. The number of nitrogens with zero attached hydrogens (tertiary/aromatic N) is 1. The molecule has 0 heterocycles. The van der Waals surface area contributed by atoms with E-state index in [4.69, 9.17) is 5.11 Å². The first kappa shape index (κ1) is 17.6. The number of rotatable bonds is 1. The molecular weight excluding hydrogens is 285 g/mol. The number of nitro groups is 1. The first-order valence-electron chi connectivity index (χ1n) is 6.81. The summed E-state index contributed by atoms with van der Waals surface area (Å²) in [6.07, 6.45) is 0. The highest BCUT2D eigenvalue weighted by Crippen LogP contribution is 2.23. The first-order chi connectivity index (χ1) is 10.1. The lowest BCUT2D eigenvalue weighted by atomic mass is 9.87. The van der Waals surface area contributed by atoms with Crippen molar-refractivity contribution in [1.29, 1.82) is 0 Å². The van der Waals surface area contributed by atoms with Crippen LogP contribution in [-0.4, -0.2) is 10.0 Å². The van der Waals surface area contributed by atoms with E-state index in [1.807, 2.05) is 12.1 Å². The maximum Gasteiger partial charge on any atom is 0.269 e. The minimum absolute atomic E-state index is 0.0797. The molecule has 0 atom stereocenters. The number of hydrogen-bond acceptors (Lipinski definition) is 3. The van der Waals surface area contributed by atoms with Gasteiger partial charge in [0.2, 0.25) is 0 Å². The molecule has 22 heavy (non-hydrogen) atoms. The minimum Gasteiger partial charge on any atom is -0.508 e. The third-order valence-electron chi connectivity index (χ3n) is 3.09. The fourth-order valence-corrected chi connectivity index (χ4v) is 1.70. The van der Waals surface area contributed by atoms with Crippen molar-refractivity contribution in [2.75, 3.05) is 0 Å². The Morgan fingerprint density at radius 2 is 1.64 bits per heavy atom. The maximum absolute atomic E-state index is 12.5. The second kappa shape index (κ2) is 7.02. The molecule has 2 aromatic carbocycles. The van der Waals surface area contributed by atoms with Gasteiger partial charge in [0.15, 0.2) is 0 Å². The summed E-state index contributed by atoms with van der Waals surface area (Å²) in [5, 5.41) is 19.2. The van der Waals surface area contributed by atoms with Crippen LogP contribution in [0.15, 0.2) is 42.5 Å². The summed E-state index contributed by atoms with van der Waals surface area (Å²) in [6.45, 7) is 7.94. The predicted octanol–water partition coefficient (Wildman–Crippen LogP) is 4.73. The average molecular weight is 305 g/mol. The van der Waals surface area contributed by atoms with E-state index in [1.165, 1.54) is 18.6 Å². The van der Waals surface area contributed by atoms with Crippen molar-refractivity contribution in [1.82, 2.24) is 0 Å². The number of halogens is 1. The number of phenols is 1. The molecule has 0 fully saturated rings. The lowest BCUT2D eigenvalue weighted by Crippen LogP contribution is -2.10. The number of phenolic OH excluding ortho intramolecular Hbond substituents is 1. The molecule has 0 saturated heterocycles. The van der Waals surface area contributed by atoms with Crippen molar-refractivity contribution in [3.05, 3.63) is 69.5 Å². The average Bonchev–Trinajstić information content (AvgIpc) is 2.42. The SMILES string of the molecule is CC(C)(C)c1ccc(O)cc1.Cc1cc([N+](=O)[O-])ccc1F. The Kier molecular flexibility index (Phi) is 5.63. The van der Waals surface area contributed by atoms with Crippen molar-refractivity contribution >= 4 is 5.69 Å². The zero-order valence-corrected chi connectivity index (χ0v) is 13.1. The van der Waals surface area contributed by atoms with Gasteiger partial charge in [-0.05, 0) is 41.7 Å². The molecule has 0 aliphatic rings. The van der Waals surface area contributed by atoms with Gasteiger partial charge in [-0.1, -0.05) is 32.9 Å². The predicted molar refractivity (Wildman–Crippen MR) is 84.6 cm³/mol. The molecule has 0 radical (unpaired) electrons. The molecule has 0 aliphatic carbocycles. The van der Waals surface area contributed by atoms with Crippen LogP contribution in [-0.2, 0) is 5.41 Å². The van der Waals surface area contributed by atoms with E-state index in [2.05, 4.69) is 20.8 Å². The molecule has 0 spiro atoms. The summed E-state index contributed by atoms with van der Waals surface area (Å²) in [7, 11) is 0. The van der Waals surface area contributed by atoms with Crippen LogP contribution in [0.25, 0.3) is 0 Å². The zero-order valence-electron chi connectivity index (χ0n) is 13.1. The van der Waals surface area contributed by atoms with E-state index in [1.54, 1.807) is 12.1 Å². The Bertz CT molecular complexity index is 646. The van der Waals surface area contributed by atoms with Gasteiger partial charge in [0.05, 0.1) is 4.92 Å². The fourth-order valence-electron chi connectivity index (χ4n) is 1.70. The van der Waals surface area contributed by atoms with Gasteiger partial charge in [0.25, 0.3) is 5.69 Å². The van der Waals surface area contributed by atoms with Crippen LogP contribution in [0.4, 0.5) is 10.1 Å². The molecule has 0 aromatic heterocycles. The molecule has 0 amide bonds. The molecule has 0 unspecified atom stereocenters. The van der Waals surface area contributed by atoms with Crippen molar-refractivity contribution in [3.8, 4) is 5.75 Å². The number of nitro benzene ring substituents is 1. The van der Waals surface area contributed by atoms with Crippen LogP contribution in [0, 0.1) is 22.9 Å². The zero-order chi connectivity index (χ0) is 16.9. The number of aryl methyl sites for hydroxylation is 1. The molecule has 2 aromatic rings. The number of aromatic hydroxyl groups is 1. The summed E-state index contributed by atoms with van der Waals surface area (Å²) in [5.74, 6) is -0.0893. The van der Waals surface area contributed by atoms with Gasteiger partial charge in [0, 0.05) is 12.1 Å². The molecule has 1 N–H and O–H groups in total. The maximum atomic E-state index is 12.5. The van der Waals surface area contributed by atoms with Crippen LogP contribution in [0.5, 0.6) is 5.75 Å². The summed E-state index contributed by atoms with van der Waals surface area (Å²) in [6, 6.07) is 10.8. The van der Waals surface area contributed by atoms with E-state index >= 15 is 0 Å². The Morgan fingerprint density at radius 1 is 1.09 bits per heavy atom. The first-order valence-corrected chi connectivity index (χ1v) is 6.81. The van der Waals surface area contributed by atoms with Crippen LogP contribution in [0.1, 0.15) is 31.9 Å². The van der Waals surface area contributed by atoms with E-state index in [0.717, 1.165) is 12.1 Å². The topological polar surface area (TPSA) is 63.4 Å².